The molecule has 1 aromatic rings. The van der Waals surface area contributed by atoms with Crippen molar-refractivity contribution in [3.63, 3.8) is 0 Å². The van der Waals surface area contributed by atoms with E-state index in [0.717, 1.165) is 11.6 Å². The van der Waals surface area contributed by atoms with Gasteiger partial charge in [-0.25, -0.2) is 0 Å². The Bertz CT molecular complexity index is 332. The van der Waals surface area contributed by atoms with Crippen molar-refractivity contribution in [3.05, 3.63) is 9.47 Å². The van der Waals surface area contributed by atoms with Gasteiger partial charge in [0.15, 0.2) is 0 Å². The van der Waals surface area contributed by atoms with E-state index in [-0.39, 0.29) is 5.92 Å². The molecule has 0 aliphatic heterocycles. The molecule has 0 amide bonds. The van der Waals surface area contributed by atoms with Crippen LogP contribution < -0.4 is 0 Å². The smallest absolute Gasteiger partial charge is 0.207 e. The molecule has 0 spiro atoms. The van der Waals surface area contributed by atoms with Gasteiger partial charge in [-0.2, -0.15) is 5.26 Å². The molecule has 0 radical (unpaired) electrons. The second-order valence-corrected chi connectivity index (χ2v) is 4.82. The Hall–Kier alpha value is -0.700. The summed E-state index contributed by atoms with van der Waals surface area (Å²) in [5.74, 6) is 0.0309. The van der Waals surface area contributed by atoms with Crippen molar-refractivity contribution in [2.45, 2.75) is 13.5 Å². The van der Waals surface area contributed by atoms with E-state index in [1.165, 1.54) is 11.3 Å². The normalized spacial score (nSPS) is 12.8. The fourth-order valence-corrected chi connectivity index (χ4v) is 2.05. The van der Waals surface area contributed by atoms with E-state index in [4.69, 9.17) is 16.9 Å². The van der Waals surface area contributed by atoms with Crippen molar-refractivity contribution in [1.29, 1.82) is 5.26 Å². The SMILES string of the molecule is CC(C#N)CN(C)Cc1nnc(Cl)s1. The molecule has 0 bridgehead atoms. The molecule has 14 heavy (non-hydrogen) atoms. The molecule has 1 atom stereocenters. The molecule has 0 aliphatic rings. The number of hydrogen-bond donors (Lipinski definition) is 0. The molecular weight excluding hydrogens is 220 g/mol. The Labute approximate surface area is 92.1 Å². The molecule has 0 N–H and O–H groups in total. The van der Waals surface area contributed by atoms with Gasteiger partial charge >= 0.3 is 0 Å². The van der Waals surface area contributed by atoms with Crippen LogP contribution in [0, 0.1) is 17.2 Å². The van der Waals surface area contributed by atoms with Gasteiger partial charge < -0.3 is 0 Å². The van der Waals surface area contributed by atoms with Gasteiger partial charge in [0.05, 0.1) is 18.5 Å². The first-order valence-corrected chi connectivity index (χ1v) is 5.37. The second kappa shape index (κ2) is 5.25. The van der Waals surface area contributed by atoms with Gasteiger partial charge in [0.2, 0.25) is 4.47 Å². The molecule has 1 aromatic heterocycles. The predicted octanol–water partition coefficient (Wildman–Crippen LogP) is 1.78. The monoisotopic (exact) mass is 230 g/mol. The lowest BCUT2D eigenvalue weighted by molar-refractivity contribution is 0.302. The molecule has 0 fully saturated rings. The molecule has 0 saturated carbocycles. The minimum absolute atomic E-state index is 0.0309. The van der Waals surface area contributed by atoms with Crippen LogP contribution >= 0.6 is 22.9 Å². The molecule has 0 saturated heterocycles. The number of nitrogens with zero attached hydrogens (tertiary/aromatic N) is 4. The molecular formula is C8H11ClN4S. The Morgan fingerprint density at radius 3 is 2.86 bits per heavy atom. The third-order valence-electron chi connectivity index (χ3n) is 1.65. The topological polar surface area (TPSA) is 52.8 Å². The number of aromatic nitrogens is 2. The van der Waals surface area contributed by atoms with Gasteiger partial charge in [-0.15, -0.1) is 10.2 Å². The van der Waals surface area contributed by atoms with E-state index in [1.807, 2.05) is 18.9 Å². The number of hydrogen-bond acceptors (Lipinski definition) is 5. The van der Waals surface area contributed by atoms with Gasteiger partial charge in [0.25, 0.3) is 0 Å². The molecule has 0 aliphatic carbocycles. The third kappa shape index (κ3) is 3.58. The highest BCUT2D eigenvalue weighted by Gasteiger charge is 2.08. The summed E-state index contributed by atoms with van der Waals surface area (Å²) in [7, 11) is 1.95. The highest BCUT2D eigenvalue weighted by Crippen LogP contribution is 2.16. The van der Waals surface area contributed by atoms with Crippen LogP contribution in [0.5, 0.6) is 0 Å². The van der Waals surface area contributed by atoms with E-state index in [0.29, 0.717) is 11.0 Å². The first-order valence-electron chi connectivity index (χ1n) is 4.18. The summed E-state index contributed by atoms with van der Waals surface area (Å²) < 4.78 is 0.460. The second-order valence-electron chi connectivity index (χ2n) is 3.18. The lowest BCUT2D eigenvalue weighted by atomic mass is 10.2. The van der Waals surface area contributed by atoms with Gasteiger partial charge in [0.1, 0.15) is 5.01 Å². The molecule has 4 nitrogen and oxygen atoms in total. The first kappa shape index (κ1) is 11.4. The van der Waals surface area contributed by atoms with Crippen molar-refractivity contribution in [2.75, 3.05) is 13.6 Å². The fourth-order valence-electron chi connectivity index (χ4n) is 1.10. The molecule has 0 aromatic carbocycles. The van der Waals surface area contributed by atoms with Crippen LogP contribution in [0.2, 0.25) is 4.47 Å². The predicted molar refractivity (Wildman–Crippen MR) is 56.0 cm³/mol. The summed E-state index contributed by atoms with van der Waals surface area (Å²) >= 11 is 7.02. The number of rotatable bonds is 4. The van der Waals surface area contributed by atoms with Crippen molar-refractivity contribution >= 4 is 22.9 Å². The van der Waals surface area contributed by atoms with Crippen molar-refractivity contribution in [2.24, 2.45) is 5.92 Å². The molecule has 76 valence electrons. The van der Waals surface area contributed by atoms with Crippen molar-refractivity contribution < 1.29 is 0 Å². The van der Waals surface area contributed by atoms with E-state index in [2.05, 4.69) is 16.3 Å². The van der Waals surface area contributed by atoms with Gasteiger partial charge in [-0.1, -0.05) is 11.3 Å². The van der Waals surface area contributed by atoms with Gasteiger partial charge in [0, 0.05) is 6.54 Å². The Balaban J connectivity index is 2.42. The standard InChI is InChI=1S/C8H11ClN4S/c1-6(3-10)4-13(2)5-7-11-12-8(9)14-7/h6H,4-5H2,1-2H3. The summed E-state index contributed by atoms with van der Waals surface area (Å²) in [5, 5.41) is 17.1. The third-order valence-corrected chi connectivity index (χ3v) is 2.66. The number of nitriles is 1. The zero-order valence-electron chi connectivity index (χ0n) is 8.07. The van der Waals surface area contributed by atoms with Crippen LogP contribution in [0.15, 0.2) is 0 Å². The highest BCUT2D eigenvalue weighted by molar-refractivity contribution is 7.15. The average Bonchev–Trinajstić information content (AvgIpc) is 2.50. The fraction of sp³-hybridized carbons (Fsp3) is 0.625. The minimum Gasteiger partial charge on any atom is -0.298 e. The molecule has 1 unspecified atom stereocenters. The Kier molecular flexibility index (Phi) is 4.26. The van der Waals surface area contributed by atoms with Crippen molar-refractivity contribution in [1.82, 2.24) is 15.1 Å². The average molecular weight is 231 g/mol. The molecule has 1 heterocycles. The van der Waals surface area contributed by atoms with Crippen LogP contribution in [-0.2, 0) is 6.54 Å². The van der Waals surface area contributed by atoms with E-state index in [9.17, 15) is 0 Å². The highest BCUT2D eigenvalue weighted by atomic mass is 35.5. The maximum atomic E-state index is 8.63. The van der Waals surface area contributed by atoms with Crippen LogP contribution in [-0.4, -0.2) is 28.7 Å². The first-order chi connectivity index (χ1) is 6.61. The summed E-state index contributed by atoms with van der Waals surface area (Å²) in [6.07, 6.45) is 0. The molecule has 1 rings (SSSR count). The Morgan fingerprint density at radius 1 is 1.64 bits per heavy atom. The van der Waals surface area contributed by atoms with Crippen LogP contribution in [0.1, 0.15) is 11.9 Å². The lowest BCUT2D eigenvalue weighted by Crippen LogP contribution is -2.23. The van der Waals surface area contributed by atoms with Gasteiger partial charge in [-0.05, 0) is 25.6 Å². The quantitative estimate of drug-likeness (QED) is 0.791. The van der Waals surface area contributed by atoms with E-state index < -0.39 is 0 Å². The summed E-state index contributed by atoms with van der Waals surface area (Å²) in [6, 6.07) is 2.19. The van der Waals surface area contributed by atoms with Crippen LogP contribution in [0.4, 0.5) is 0 Å². The summed E-state index contributed by atoms with van der Waals surface area (Å²) in [5.41, 5.74) is 0. The molecule has 6 heteroatoms. The summed E-state index contributed by atoms with van der Waals surface area (Å²) in [6.45, 7) is 3.31. The van der Waals surface area contributed by atoms with E-state index in [1.54, 1.807) is 0 Å². The van der Waals surface area contributed by atoms with Crippen LogP contribution in [0.25, 0.3) is 0 Å². The van der Waals surface area contributed by atoms with Gasteiger partial charge in [-0.3, -0.25) is 4.90 Å². The largest absolute Gasteiger partial charge is 0.298 e. The Morgan fingerprint density at radius 2 is 2.36 bits per heavy atom. The minimum atomic E-state index is 0.0309. The zero-order chi connectivity index (χ0) is 10.6. The lowest BCUT2D eigenvalue weighted by Gasteiger charge is -2.15. The van der Waals surface area contributed by atoms with Crippen molar-refractivity contribution in [3.8, 4) is 6.07 Å². The van der Waals surface area contributed by atoms with E-state index >= 15 is 0 Å². The summed E-state index contributed by atoms with van der Waals surface area (Å²) in [4.78, 5) is 2.03. The number of halogens is 1. The maximum Gasteiger partial charge on any atom is 0.207 e. The zero-order valence-corrected chi connectivity index (χ0v) is 9.64. The maximum absolute atomic E-state index is 8.63. The van der Waals surface area contributed by atoms with Crippen LogP contribution in [0.3, 0.4) is 0 Å².